The molecule has 1 unspecified atom stereocenters. The van der Waals surface area contributed by atoms with Crippen molar-refractivity contribution in [3.63, 3.8) is 0 Å². The summed E-state index contributed by atoms with van der Waals surface area (Å²) in [5, 5.41) is 8.07. The van der Waals surface area contributed by atoms with E-state index in [4.69, 9.17) is 9.47 Å². The minimum Gasteiger partial charge on any atom is -0.364 e. The van der Waals surface area contributed by atoms with Gasteiger partial charge >= 0.3 is 0 Å². The lowest BCUT2D eigenvalue weighted by molar-refractivity contribution is -0.162. The number of fused-ring (bicyclic) bond motifs is 1. The SMILES string of the molecule is CN1c2cccc3c2[C@@]24CCN([C@H]5NCC[C@]52c2ccccc2N[C@H]14)[C@@H]3[C@@H]1OC(C)(C)OC1(C)C. The van der Waals surface area contributed by atoms with Gasteiger partial charge in [-0.25, -0.2) is 0 Å². The normalized spacial score (nSPS) is 42.8. The van der Waals surface area contributed by atoms with Gasteiger partial charge in [0, 0.05) is 30.4 Å². The summed E-state index contributed by atoms with van der Waals surface area (Å²) in [7, 11) is 2.29. The average Bonchev–Trinajstić information content (AvgIpc) is 3.38. The molecule has 2 spiro atoms. The fourth-order valence-electron chi connectivity index (χ4n) is 9.47. The van der Waals surface area contributed by atoms with Gasteiger partial charge in [-0.1, -0.05) is 30.3 Å². The molecule has 0 aliphatic carbocycles. The predicted molar refractivity (Wildman–Crippen MR) is 137 cm³/mol. The summed E-state index contributed by atoms with van der Waals surface area (Å²) >= 11 is 0. The van der Waals surface area contributed by atoms with Crippen LogP contribution in [0.25, 0.3) is 0 Å². The molecule has 35 heavy (non-hydrogen) atoms. The number of rotatable bonds is 1. The highest BCUT2D eigenvalue weighted by molar-refractivity contribution is 5.77. The van der Waals surface area contributed by atoms with E-state index in [0.29, 0.717) is 0 Å². The Morgan fingerprint density at radius 2 is 1.77 bits per heavy atom. The molecule has 6 aliphatic heterocycles. The lowest BCUT2D eigenvalue weighted by Crippen LogP contribution is -2.72. The fourth-order valence-corrected chi connectivity index (χ4v) is 9.47. The number of ether oxygens (including phenoxy) is 2. The van der Waals surface area contributed by atoms with Crippen molar-refractivity contribution in [1.82, 2.24) is 10.2 Å². The maximum absolute atomic E-state index is 6.79. The molecule has 2 aromatic rings. The van der Waals surface area contributed by atoms with Gasteiger partial charge in [-0.2, -0.15) is 0 Å². The molecule has 6 aliphatic rings. The molecular weight excluding hydrogens is 436 g/mol. The predicted octanol–water partition coefficient (Wildman–Crippen LogP) is 4.07. The molecule has 0 saturated carbocycles. The van der Waals surface area contributed by atoms with Crippen LogP contribution in [-0.4, -0.2) is 54.9 Å². The number of hydrogen-bond donors (Lipinski definition) is 2. The van der Waals surface area contributed by atoms with E-state index in [1.54, 1.807) is 5.56 Å². The maximum atomic E-state index is 6.79. The number of piperidine rings is 1. The Morgan fingerprint density at radius 1 is 0.943 bits per heavy atom. The van der Waals surface area contributed by atoms with Crippen LogP contribution in [0.1, 0.15) is 63.3 Å². The smallest absolute Gasteiger partial charge is 0.164 e. The van der Waals surface area contributed by atoms with Crippen LogP contribution in [0, 0.1) is 0 Å². The Labute approximate surface area is 208 Å². The fraction of sp³-hybridized carbons (Fsp3) is 0.586. The molecule has 0 amide bonds. The van der Waals surface area contributed by atoms with E-state index in [2.05, 4.69) is 97.6 Å². The number of para-hydroxylation sites is 1. The van der Waals surface area contributed by atoms with Crippen LogP contribution in [0.5, 0.6) is 0 Å². The van der Waals surface area contributed by atoms with E-state index in [9.17, 15) is 0 Å². The number of likely N-dealkylation sites (N-methyl/N-ethyl adjacent to an activating group) is 1. The van der Waals surface area contributed by atoms with Gasteiger partial charge in [-0.05, 0) is 75.9 Å². The molecule has 2 bridgehead atoms. The van der Waals surface area contributed by atoms with E-state index in [1.165, 1.54) is 22.5 Å². The van der Waals surface area contributed by atoms with Crippen LogP contribution in [0.15, 0.2) is 42.5 Å². The van der Waals surface area contributed by atoms with Gasteiger partial charge in [-0.3, -0.25) is 4.90 Å². The third-order valence-electron chi connectivity index (χ3n) is 10.2. The Hall–Kier alpha value is -2.12. The molecule has 6 nitrogen and oxygen atoms in total. The van der Waals surface area contributed by atoms with E-state index in [0.717, 1.165) is 25.9 Å². The van der Waals surface area contributed by atoms with Gasteiger partial charge in [0.2, 0.25) is 0 Å². The zero-order chi connectivity index (χ0) is 24.0. The van der Waals surface area contributed by atoms with Gasteiger partial charge in [0.1, 0.15) is 12.3 Å². The van der Waals surface area contributed by atoms with Gasteiger partial charge in [-0.15, -0.1) is 0 Å². The van der Waals surface area contributed by atoms with Crippen molar-refractivity contribution in [2.24, 2.45) is 0 Å². The first kappa shape index (κ1) is 21.0. The second kappa shape index (κ2) is 6.23. The minimum absolute atomic E-state index is 0.000564. The number of benzene rings is 2. The molecule has 3 saturated heterocycles. The van der Waals surface area contributed by atoms with Gasteiger partial charge in [0.25, 0.3) is 0 Å². The molecule has 3 fully saturated rings. The average molecular weight is 473 g/mol. The van der Waals surface area contributed by atoms with Crippen LogP contribution in [-0.2, 0) is 20.3 Å². The largest absolute Gasteiger partial charge is 0.364 e. The van der Waals surface area contributed by atoms with Crippen LogP contribution >= 0.6 is 0 Å². The van der Waals surface area contributed by atoms with E-state index < -0.39 is 11.4 Å². The number of hydrogen-bond acceptors (Lipinski definition) is 6. The zero-order valence-corrected chi connectivity index (χ0v) is 21.4. The third kappa shape index (κ3) is 2.19. The molecule has 7 atom stereocenters. The van der Waals surface area contributed by atoms with Crippen molar-refractivity contribution in [3.8, 4) is 0 Å². The van der Waals surface area contributed by atoms with Crippen molar-refractivity contribution >= 4 is 11.4 Å². The van der Waals surface area contributed by atoms with Gasteiger partial charge < -0.3 is 25.0 Å². The first-order valence-electron chi connectivity index (χ1n) is 13.3. The monoisotopic (exact) mass is 472 g/mol. The third-order valence-corrected chi connectivity index (χ3v) is 10.2. The molecule has 0 aromatic heterocycles. The number of anilines is 2. The Bertz CT molecular complexity index is 1260. The summed E-state index contributed by atoms with van der Waals surface area (Å²) in [6, 6.07) is 16.2. The van der Waals surface area contributed by atoms with Crippen molar-refractivity contribution in [2.45, 2.75) is 87.2 Å². The molecule has 6 heterocycles. The topological polar surface area (TPSA) is 49.0 Å². The molecule has 0 radical (unpaired) electrons. The number of nitrogens with one attached hydrogen (secondary N) is 2. The molecule has 8 rings (SSSR count). The summed E-state index contributed by atoms with van der Waals surface area (Å²) in [5.41, 5.74) is 6.75. The summed E-state index contributed by atoms with van der Waals surface area (Å²) < 4.78 is 13.3. The van der Waals surface area contributed by atoms with Crippen LogP contribution < -0.4 is 15.5 Å². The zero-order valence-electron chi connectivity index (χ0n) is 21.4. The van der Waals surface area contributed by atoms with Crippen molar-refractivity contribution in [2.75, 3.05) is 30.4 Å². The van der Waals surface area contributed by atoms with Gasteiger partial charge in [0.15, 0.2) is 5.79 Å². The van der Waals surface area contributed by atoms with Crippen molar-refractivity contribution in [3.05, 3.63) is 59.2 Å². The highest BCUT2D eigenvalue weighted by Crippen LogP contribution is 2.70. The van der Waals surface area contributed by atoms with E-state index in [1.807, 2.05) is 0 Å². The second-order valence-corrected chi connectivity index (χ2v) is 12.6. The summed E-state index contributed by atoms with van der Waals surface area (Å²) in [6.07, 6.45) is 2.71. The Balaban J connectivity index is 1.46. The minimum atomic E-state index is -0.600. The first-order chi connectivity index (χ1) is 16.7. The van der Waals surface area contributed by atoms with Crippen LogP contribution in [0.2, 0.25) is 0 Å². The Kier molecular flexibility index (Phi) is 3.74. The van der Waals surface area contributed by atoms with Crippen LogP contribution in [0.3, 0.4) is 0 Å². The summed E-state index contributed by atoms with van der Waals surface area (Å²) in [6.45, 7) is 10.6. The Morgan fingerprint density at radius 3 is 2.57 bits per heavy atom. The quantitative estimate of drug-likeness (QED) is 0.653. The standard InChI is InChI=1S/C29H36N4O2/c1-26(2)23(34-27(3,4)35-26)22-17-9-8-12-20-21(17)29-14-16-33(22)24-28(29,13-15-30-24)18-10-6-7-11-19(18)31-25(29)32(20)5/h6-12,22-25,30-31H,13-16H2,1-5H3/t22-,23-,24+,25+,28-,29+/m0/s1. The molecule has 2 aromatic carbocycles. The lowest BCUT2D eigenvalue weighted by atomic mass is 9.50. The van der Waals surface area contributed by atoms with Crippen molar-refractivity contribution < 1.29 is 9.47 Å². The summed E-state index contributed by atoms with van der Waals surface area (Å²) in [4.78, 5) is 5.30. The van der Waals surface area contributed by atoms with Crippen LogP contribution in [0.4, 0.5) is 11.4 Å². The van der Waals surface area contributed by atoms with E-state index in [-0.39, 0.29) is 35.3 Å². The highest BCUT2D eigenvalue weighted by Gasteiger charge is 2.75. The maximum Gasteiger partial charge on any atom is 0.164 e. The lowest BCUT2D eigenvalue weighted by Gasteiger charge is -2.61. The van der Waals surface area contributed by atoms with Gasteiger partial charge in [0.05, 0.1) is 23.2 Å². The van der Waals surface area contributed by atoms with E-state index >= 15 is 0 Å². The first-order valence-corrected chi connectivity index (χ1v) is 13.3. The highest BCUT2D eigenvalue weighted by atomic mass is 16.8. The molecular formula is C29H36N4O2. The van der Waals surface area contributed by atoms with Crippen molar-refractivity contribution in [1.29, 1.82) is 0 Å². The molecule has 184 valence electrons. The second-order valence-electron chi connectivity index (χ2n) is 12.6. The summed E-state index contributed by atoms with van der Waals surface area (Å²) in [5.74, 6) is -0.600. The molecule has 2 N–H and O–H groups in total. The molecule has 6 heteroatoms. The number of nitrogens with zero attached hydrogens (tertiary/aromatic N) is 2.